The van der Waals surface area contributed by atoms with Crippen molar-refractivity contribution in [1.82, 2.24) is 44.9 Å². The highest BCUT2D eigenvalue weighted by atomic mass is 19.3. The molecule has 10 nitrogen and oxygen atoms in total. The van der Waals surface area contributed by atoms with E-state index in [4.69, 9.17) is 4.98 Å². The van der Waals surface area contributed by atoms with Crippen LogP contribution in [0.4, 0.5) is 14.5 Å². The number of nitrogens with zero attached hydrogens (tertiary/aromatic N) is 8. The van der Waals surface area contributed by atoms with Crippen LogP contribution in [0.25, 0.3) is 44.7 Å². The number of likely N-dealkylation sites (tertiary alicyclic amines) is 1. The zero-order valence-electron chi connectivity index (χ0n) is 21.5. The average Bonchev–Trinajstić information content (AvgIpc) is 3.64. The lowest BCUT2D eigenvalue weighted by Gasteiger charge is -2.33. The Balaban J connectivity index is 1.21. The number of nitrogens with one attached hydrogen (secondary N) is 2. The minimum Gasteiger partial charge on any atom is -0.366 e. The molecule has 200 valence electrons. The molecule has 5 aromatic rings. The molecule has 0 atom stereocenters. The van der Waals surface area contributed by atoms with Crippen molar-refractivity contribution < 1.29 is 8.78 Å². The number of pyridine rings is 3. The molecule has 7 rings (SSSR count). The van der Waals surface area contributed by atoms with Crippen LogP contribution in [0.5, 0.6) is 0 Å². The smallest absolute Gasteiger partial charge is 0.261 e. The number of halogens is 2. The molecule has 0 unspecified atom stereocenters. The van der Waals surface area contributed by atoms with Crippen LogP contribution in [0.2, 0.25) is 0 Å². The maximum Gasteiger partial charge on any atom is 0.261 e. The minimum atomic E-state index is -2.62. The molecule has 5 aromatic heterocycles. The van der Waals surface area contributed by atoms with Gasteiger partial charge in [-0.25, -0.2) is 13.8 Å². The van der Waals surface area contributed by atoms with Crippen LogP contribution in [0.1, 0.15) is 12.0 Å². The van der Waals surface area contributed by atoms with Crippen molar-refractivity contribution in [2.24, 2.45) is 0 Å². The van der Waals surface area contributed by atoms with Gasteiger partial charge in [-0.1, -0.05) is 0 Å². The summed E-state index contributed by atoms with van der Waals surface area (Å²) in [5, 5.41) is 8.49. The number of imidazole rings is 1. The molecular formula is C27H28F2N10. The largest absolute Gasteiger partial charge is 0.366 e. The van der Waals surface area contributed by atoms with Crippen molar-refractivity contribution in [3.8, 4) is 22.8 Å². The van der Waals surface area contributed by atoms with Crippen LogP contribution in [0, 0.1) is 0 Å². The number of piperazine rings is 1. The molecule has 39 heavy (non-hydrogen) atoms. The van der Waals surface area contributed by atoms with Crippen molar-refractivity contribution in [3.05, 3.63) is 48.7 Å². The first kappa shape index (κ1) is 24.0. The summed E-state index contributed by atoms with van der Waals surface area (Å²) in [7, 11) is 2.13. The molecule has 2 N–H and O–H groups in total. The number of alkyl halides is 2. The van der Waals surface area contributed by atoms with Crippen molar-refractivity contribution in [3.63, 3.8) is 0 Å². The standard InChI is InChI=1S/C27H28F2N10/c1-37-4-6-39(7-5-37)23-14-31-12-22-25(23)34-26(33-22)24-19-9-20(32-13-21(19)35-36-24)18-8-17(10-30-11-18)15-38-3-2-27(28,29)16-38/h8-14H,2-7,15-16H2,1H3,(H,33,34)(H,35,36). The van der Waals surface area contributed by atoms with Crippen LogP contribution >= 0.6 is 0 Å². The normalized spacial score (nSPS) is 18.5. The summed E-state index contributed by atoms with van der Waals surface area (Å²) in [6.45, 7) is 4.42. The second-order valence-electron chi connectivity index (χ2n) is 10.5. The number of aromatic nitrogens is 7. The maximum atomic E-state index is 13.6. The fourth-order valence-electron chi connectivity index (χ4n) is 5.48. The fourth-order valence-corrected chi connectivity index (χ4v) is 5.48. The zero-order chi connectivity index (χ0) is 26.6. The van der Waals surface area contributed by atoms with Gasteiger partial charge in [0.15, 0.2) is 5.82 Å². The molecule has 2 fully saturated rings. The molecule has 0 aromatic carbocycles. The molecule has 0 bridgehead atoms. The lowest BCUT2D eigenvalue weighted by Crippen LogP contribution is -2.44. The van der Waals surface area contributed by atoms with E-state index in [1.807, 2.05) is 18.3 Å². The quantitative estimate of drug-likeness (QED) is 0.356. The van der Waals surface area contributed by atoms with Crippen LogP contribution < -0.4 is 4.90 Å². The van der Waals surface area contributed by atoms with Gasteiger partial charge in [0.2, 0.25) is 0 Å². The summed E-state index contributed by atoms with van der Waals surface area (Å²) in [5.41, 5.74) is 6.65. The zero-order valence-corrected chi connectivity index (χ0v) is 21.5. The number of fused-ring (bicyclic) bond motifs is 2. The van der Waals surface area contributed by atoms with Gasteiger partial charge in [-0.3, -0.25) is 25.0 Å². The second-order valence-corrected chi connectivity index (χ2v) is 10.5. The molecule has 0 radical (unpaired) electrons. The van der Waals surface area contributed by atoms with E-state index < -0.39 is 5.92 Å². The highest BCUT2D eigenvalue weighted by molar-refractivity contribution is 5.96. The number of likely N-dealkylation sites (N-methyl/N-ethyl adjacent to an activating group) is 1. The van der Waals surface area contributed by atoms with Gasteiger partial charge in [0, 0.05) is 69.0 Å². The Morgan fingerprint density at radius 2 is 1.79 bits per heavy atom. The Morgan fingerprint density at radius 3 is 2.62 bits per heavy atom. The van der Waals surface area contributed by atoms with Gasteiger partial charge in [0.05, 0.1) is 47.6 Å². The second kappa shape index (κ2) is 9.31. The van der Waals surface area contributed by atoms with Crippen molar-refractivity contribution in [1.29, 1.82) is 0 Å². The summed E-state index contributed by atoms with van der Waals surface area (Å²) in [6.07, 6.45) is 8.78. The Hall–Kier alpha value is -4.03. The van der Waals surface area contributed by atoms with Gasteiger partial charge in [0.25, 0.3) is 5.92 Å². The first-order valence-electron chi connectivity index (χ1n) is 13.1. The Labute approximate surface area is 223 Å². The van der Waals surface area contributed by atoms with Gasteiger partial charge >= 0.3 is 0 Å². The molecule has 0 aliphatic carbocycles. The summed E-state index contributed by atoms with van der Waals surface area (Å²) in [5.74, 6) is -1.97. The Bertz CT molecular complexity index is 1650. The van der Waals surface area contributed by atoms with Crippen molar-refractivity contribution in [2.75, 3.05) is 51.2 Å². The lowest BCUT2D eigenvalue weighted by molar-refractivity contribution is 0.0115. The summed E-state index contributed by atoms with van der Waals surface area (Å²) in [6, 6.07) is 3.93. The molecule has 2 aliphatic rings. The van der Waals surface area contributed by atoms with E-state index in [-0.39, 0.29) is 13.0 Å². The van der Waals surface area contributed by atoms with Crippen LogP contribution in [0.15, 0.2) is 43.1 Å². The molecule has 12 heteroatoms. The van der Waals surface area contributed by atoms with E-state index in [1.165, 1.54) is 0 Å². The Kier molecular flexibility index (Phi) is 5.74. The molecule has 0 spiro atoms. The summed E-state index contributed by atoms with van der Waals surface area (Å²) in [4.78, 5) is 28.2. The highest BCUT2D eigenvalue weighted by Gasteiger charge is 2.38. The molecule has 2 aliphatic heterocycles. The van der Waals surface area contributed by atoms with Gasteiger partial charge in [-0.2, -0.15) is 5.10 Å². The monoisotopic (exact) mass is 530 g/mol. The van der Waals surface area contributed by atoms with E-state index in [0.29, 0.717) is 24.6 Å². The molecular weight excluding hydrogens is 502 g/mol. The van der Waals surface area contributed by atoms with Gasteiger partial charge in [-0.05, 0) is 24.7 Å². The average molecular weight is 531 g/mol. The van der Waals surface area contributed by atoms with E-state index in [0.717, 1.165) is 70.6 Å². The van der Waals surface area contributed by atoms with Crippen molar-refractivity contribution >= 4 is 27.6 Å². The predicted molar refractivity (Wildman–Crippen MR) is 145 cm³/mol. The lowest BCUT2D eigenvalue weighted by atomic mass is 10.1. The van der Waals surface area contributed by atoms with E-state index in [1.54, 1.807) is 29.7 Å². The number of hydrogen-bond acceptors (Lipinski definition) is 8. The van der Waals surface area contributed by atoms with Gasteiger partial charge < -0.3 is 14.8 Å². The predicted octanol–water partition coefficient (Wildman–Crippen LogP) is 3.55. The van der Waals surface area contributed by atoms with Crippen molar-refractivity contribution in [2.45, 2.75) is 18.9 Å². The topological polar surface area (TPSA) is 106 Å². The number of hydrogen-bond donors (Lipinski definition) is 2. The maximum absolute atomic E-state index is 13.6. The van der Waals surface area contributed by atoms with E-state index in [2.05, 4.69) is 47.0 Å². The first-order chi connectivity index (χ1) is 18.9. The third-order valence-electron chi connectivity index (χ3n) is 7.64. The van der Waals surface area contributed by atoms with E-state index in [9.17, 15) is 8.78 Å². The SMILES string of the molecule is CN1CCN(c2cncc3[nH]c(-c4n[nH]c5cnc(-c6cncc(CN7CCC(F)(F)C7)c6)cc45)nc23)CC1. The molecule has 0 amide bonds. The summed E-state index contributed by atoms with van der Waals surface area (Å²) >= 11 is 0. The third-order valence-corrected chi connectivity index (χ3v) is 7.64. The fraction of sp³-hybridized carbons (Fsp3) is 0.370. The number of anilines is 1. The first-order valence-corrected chi connectivity index (χ1v) is 13.1. The van der Waals surface area contributed by atoms with Gasteiger partial charge in [-0.15, -0.1) is 0 Å². The van der Waals surface area contributed by atoms with E-state index >= 15 is 0 Å². The molecule has 7 heterocycles. The third kappa shape index (κ3) is 4.59. The number of aromatic amines is 2. The number of rotatable bonds is 5. The van der Waals surface area contributed by atoms with Crippen LogP contribution in [-0.4, -0.2) is 97.2 Å². The summed E-state index contributed by atoms with van der Waals surface area (Å²) < 4.78 is 27.3. The Morgan fingerprint density at radius 1 is 0.949 bits per heavy atom. The minimum absolute atomic E-state index is 0.101. The van der Waals surface area contributed by atoms with Crippen LogP contribution in [0.3, 0.4) is 0 Å². The van der Waals surface area contributed by atoms with Crippen LogP contribution in [-0.2, 0) is 6.54 Å². The molecule has 2 saturated heterocycles. The number of H-pyrrole nitrogens is 2. The van der Waals surface area contributed by atoms with Gasteiger partial charge in [0.1, 0.15) is 11.2 Å². The highest BCUT2D eigenvalue weighted by Crippen LogP contribution is 2.32. The molecule has 0 saturated carbocycles.